The van der Waals surface area contributed by atoms with Gasteiger partial charge in [0.15, 0.2) is 12.4 Å². The summed E-state index contributed by atoms with van der Waals surface area (Å²) in [5.41, 5.74) is 0.632. The van der Waals surface area contributed by atoms with Crippen molar-refractivity contribution in [1.29, 1.82) is 0 Å². The Hall–Kier alpha value is -2.34. The Morgan fingerprint density at radius 3 is 2.85 bits per heavy atom. The molecule has 0 aliphatic carbocycles. The Balaban J connectivity index is 1.97. The molecule has 2 rings (SSSR count). The van der Waals surface area contributed by atoms with Crippen molar-refractivity contribution in [3.05, 3.63) is 68.6 Å². The Labute approximate surface area is 119 Å². The molecular weight excluding hydrogens is 284 g/mol. The Morgan fingerprint density at radius 2 is 2.15 bits per heavy atom. The van der Waals surface area contributed by atoms with Crippen LogP contribution in [0, 0.1) is 15.3 Å². The Morgan fingerprint density at radius 1 is 1.35 bits per heavy atom. The van der Waals surface area contributed by atoms with E-state index >= 15 is 0 Å². The highest BCUT2D eigenvalue weighted by Gasteiger charge is 2.13. The third-order valence-electron chi connectivity index (χ3n) is 2.61. The monoisotopic (exact) mass is 294 g/mol. The van der Waals surface area contributed by atoms with Gasteiger partial charge in [0.05, 0.1) is 17.6 Å². The van der Waals surface area contributed by atoms with Crippen molar-refractivity contribution in [2.45, 2.75) is 6.42 Å². The average molecular weight is 295 g/mol. The second-order valence-electron chi connectivity index (χ2n) is 4.04. The van der Waals surface area contributed by atoms with E-state index in [4.69, 9.17) is 16.3 Å². The third-order valence-corrected chi connectivity index (χ3v) is 2.93. The minimum absolute atomic E-state index is 0.0674. The summed E-state index contributed by atoms with van der Waals surface area (Å²) < 4.78 is 6.13. The van der Waals surface area contributed by atoms with E-state index < -0.39 is 4.92 Å². The molecular formula is C13H11ClN2O4. The highest BCUT2D eigenvalue weighted by molar-refractivity contribution is 6.32. The molecule has 0 fully saturated rings. The minimum Gasteiger partial charge on any atom is -0.619 e. The van der Waals surface area contributed by atoms with Crippen LogP contribution in [0.3, 0.4) is 0 Å². The van der Waals surface area contributed by atoms with Crippen molar-refractivity contribution >= 4 is 17.3 Å². The van der Waals surface area contributed by atoms with E-state index in [0.29, 0.717) is 23.5 Å². The van der Waals surface area contributed by atoms with Crippen LogP contribution >= 0.6 is 11.6 Å². The van der Waals surface area contributed by atoms with Crippen molar-refractivity contribution in [2.75, 3.05) is 6.61 Å². The molecule has 0 radical (unpaired) electrons. The fourth-order valence-corrected chi connectivity index (χ4v) is 1.84. The van der Waals surface area contributed by atoms with E-state index in [2.05, 4.69) is 0 Å². The standard InChI is InChI=1S/C13H11ClN2O4/c14-12-4-3-11(8-13(12)16(18)19)20-7-5-10-2-1-6-15(17)9-10/h1-4,6,8-9H,5,7H2. The predicted molar refractivity (Wildman–Crippen MR) is 72.7 cm³/mol. The first-order valence-electron chi connectivity index (χ1n) is 5.81. The van der Waals surface area contributed by atoms with Crippen LogP contribution in [0.25, 0.3) is 0 Å². The van der Waals surface area contributed by atoms with Crippen molar-refractivity contribution in [3.8, 4) is 5.75 Å². The summed E-state index contributed by atoms with van der Waals surface area (Å²) in [6, 6.07) is 7.72. The van der Waals surface area contributed by atoms with Gasteiger partial charge in [0.2, 0.25) is 0 Å². The first-order chi connectivity index (χ1) is 9.56. The van der Waals surface area contributed by atoms with Crippen LogP contribution in [-0.4, -0.2) is 11.5 Å². The normalized spacial score (nSPS) is 10.2. The zero-order valence-corrected chi connectivity index (χ0v) is 11.1. The first kappa shape index (κ1) is 14.1. The molecule has 0 unspecified atom stereocenters. The van der Waals surface area contributed by atoms with Crippen LogP contribution in [0.15, 0.2) is 42.7 Å². The number of nitro benzene ring substituents is 1. The van der Waals surface area contributed by atoms with E-state index in [1.807, 2.05) is 6.07 Å². The molecule has 1 aromatic heterocycles. The molecule has 0 bridgehead atoms. The van der Waals surface area contributed by atoms with Gasteiger partial charge in [0.1, 0.15) is 10.8 Å². The van der Waals surface area contributed by atoms with Crippen molar-refractivity contribution in [2.24, 2.45) is 0 Å². The summed E-state index contributed by atoms with van der Waals surface area (Å²) in [5, 5.41) is 21.9. The lowest BCUT2D eigenvalue weighted by molar-refractivity contribution is -0.605. The van der Waals surface area contributed by atoms with E-state index in [-0.39, 0.29) is 10.7 Å². The second kappa shape index (κ2) is 6.21. The number of hydrogen-bond donors (Lipinski definition) is 0. The van der Waals surface area contributed by atoms with E-state index in [0.717, 1.165) is 5.56 Å². The van der Waals surface area contributed by atoms with Gasteiger partial charge in [-0.3, -0.25) is 10.1 Å². The maximum absolute atomic E-state index is 11.1. The molecule has 0 saturated heterocycles. The molecule has 2 aromatic rings. The molecule has 0 spiro atoms. The van der Waals surface area contributed by atoms with Crippen molar-refractivity contribution < 1.29 is 14.4 Å². The van der Waals surface area contributed by atoms with Gasteiger partial charge in [-0.1, -0.05) is 11.6 Å². The summed E-state index contributed by atoms with van der Waals surface area (Å²) in [5.74, 6) is 0.368. The molecule has 1 aromatic carbocycles. The number of benzene rings is 1. The van der Waals surface area contributed by atoms with Crippen molar-refractivity contribution in [3.63, 3.8) is 0 Å². The number of ether oxygens (including phenoxy) is 1. The zero-order valence-electron chi connectivity index (χ0n) is 10.4. The molecule has 0 amide bonds. The number of nitrogens with zero attached hydrogens (tertiary/aromatic N) is 2. The van der Waals surface area contributed by atoms with Crippen LogP contribution < -0.4 is 9.47 Å². The number of hydrogen-bond acceptors (Lipinski definition) is 4. The lowest BCUT2D eigenvalue weighted by Crippen LogP contribution is -2.25. The highest BCUT2D eigenvalue weighted by Crippen LogP contribution is 2.28. The van der Waals surface area contributed by atoms with Crippen LogP contribution in [0.5, 0.6) is 5.75 Å². The number of pyridine rings is 1. The zero-order chi connectivity index (χ0) is 14.5. The first-order valence-corrected chi connectivity index (χ1v) is 6.18. The minimum atomic E-state index is -0.563. The molecule has 0 saturated carbocycles. The lowest BCUT2D eigenvalue weighted by atomic mass is 10.2. The number of nitro groups is 1. The van der Waals surface area contributed by atoms with E-state index in [9.17, 15) is 15.3 Å². The van der Waals surface area contributed by atoms with Crippen molar-refractivity contribution in [1.82, 2.24) is 0 Å². The van der Waals surface area contributed by atoms with E-state index in [1.54, 1.807) is 12.1 Å². The summed E-state index contributed by atoms with van der Waals surface area (Å²) in [7, 11) is 0. The smallest absolute Gasteiger partial charge is 0.291 e. The quantitative estimate of drug-likeness (QED) is 0.367. The van der Waals surface area contributed by atoms with Crippen LogP contribution in [0.4, 0.5) is 5.69 Å². The fraction of sp³-hybridized carbons (Fsp3) is 0.154. The summed E-state index contributed by atoms with van der Waals surface area (Å²) in [4.78, 5) is 10.2. The van der Waals surface area contributed by atoms with Gasteiger partial charge in [0, 0.05) is 18.1 Å². The lowest BCUT2D eigenvalue weighted by Gasteiger charge is -2.06. The maximum atomic E-state index is 11.1. The molecule has 1 heterocycles. The number of halogens is 1. The van der Waals surface area contributed by atoms with Gasteiger partial charge in [-0.05, 0) is 18.2 Å². The molecule has 104 valence electrons. The predicted octanol–water partition coefficient (Wildman–Crippen LogP) is 2.50. The maximum Gasteiger partial charge on any atom is 0.291 e. The molecule has 0 N–H and O–H groups in total. The number of rotatable bonds is 5. The van der Waals surface area contributed by atoms with E-state index in [1.165, 1.54) is 24.5 Å². The second-order valence-corrected chi connectivity index (χ2v) is 4.45. The molecule has 6 nitrogen and oxygen atoms in total. The van der Waals surface area contributed by atoms with Gasteiger partial charge >= 0.3 is 0 Å². The summed E-state index contributed by atoms with van der Waals surface area (Å²) in [6.07, 6.45) is 3.38. The van der Waals surface area contributed by atoms with Gasteiger partial charge in [-0.15, -0.1) is 0 Å². The third kappa shape index (κ3) is 3.58. The van der Waals surface area contributed by atoms with Gasteiger partial charge < -0.3 is 9.94 Å². The van der Waals surface area contributed by atoms with Gasteiger partial charge in [-0.25, -0.2) is 0 Å². The summed E-state index contributed by atoms with van der Waals surface area (Å²) in [6.45, 7) is 0.308. The fourth-order valence-electron chi connectivity index (χ4n) is 1.66. The topological polar surface area (TPSA) is 79.3 Å². The molecule has 0 atom stereocenters. The van der Waals surface area contributed by atoms with Crippen LogP contribution in [0.2, 0.25) is 5.02 Å². The molecule has 7 heteroatoms. The average Bonchev–Trinajstić information content (AvgIpc) is 2.40. The Bertz CT molecular complexity index is 634. The molecule has 0 aliphatic heterocycles. The van der Waals surface area contributed by atoms with Gasteiger partial charge in [0.25, 0.3) is 5.69 Å². The summed E-state index contributed by atoms with van der Waals surface area (Å²) >= 11 is 5.70. The van der Waals surface area contributed by atoms with Crippen LogP contribution in [0.1, 0.15) is 5.56 Å². The molecule has 20 heavy (non-hydrogen) atoms. The SMILES string of the molecule is O=[N+]([O-])c1cc(OCCc2ccc[n+]([O-])c2)ccc1Cl. The number of aromatic nitrogens is 1. The van der Waals surface area contributed by atoms with Crippen LogP contribution in [-0.2, 0) is 6.42 Å². The van der Waals surface area contributed by atoms with Gasteiger partial charge in [-0.2, -0.15) is 4.73 Å². The molecule has 0 aliphatic rings. The Kier molecular flexibility index (Phi) is 4.37. The largest absolute Gasteiger partial charge is 0.619 e. The highest BCUT2D eigenvalue weighted by atomic mass is 35.5.